The van der Waals surface area contributed by atoms with Crippen LogP contribution in [0.25, 0.3) is 0 Å². The Bertz CT molecular complexity index is 1080. The molecule has 9 nitrogen and oxygen atoms in total. The van der Waals surface area contributed by atoms with Gasteiger partial charge in [-0.15, -0.1) is 0 Å². The highest BCUT2D eigenvalue weighted by atomic mass is 35.5. The Morgan fingerprint density at radius 1 is 1.11 bits per heavy atom. The lowest BCUT2D eigenvalue weighted by Crippen LogP contribution is -2.37. The van der Waals surface area contributed by atoms with Gasteiger partial charge in [0.25, 0.3) is 0 Å². The molecular weight excluding hydrogens is 493 g/mol. The highest BCUT2D eigenvalue weighted by Crippen LogP contribution is 2.32. The molecule has 0 fully saturated rings. The molecule has 0 unspecified atom stereocenters. The van der Waals surface area contributed by atoms with Gasteiger partial charge in [-0.25, -0.2) is 4.99 Å². The smallest absolute Gasteiger partial charge is 0.232 e. The summed E-state index contributed by atoms with van der Waals surface area (Å²) in [5, 5.41) is 9.80. The number of nitrogens with two attached hydrogens (primary N) is 1. The number of nitrogens with zero attached hydrogens (tertiary/aromatic N) is 2. The number of carbonyl (C=O) groups is 2. The molecule has 11 heteroatoms. The van der Waals surface area contributed by atoms with Crippen molar-refractivity contribution >= 4 is 52.4 Å². The first-order chi connectivity index (χ1) is 16.6. The number of hydrogen-bond acceptors (Lipinski definition) is 6. The summed E-state index contributed by atoms with van der Waals surface area (Å²) < 4.78 is 5.18. The molecule has 2 aromatic rings. The van der Waals surface area contributed by atoms with Gasteiger partial charge in [0.05, 0.1) is 41.5 Å². The third-order valence-electron chi connectivity index (χ3n) is 4.44. The Morgan fingerprint density at radius 3 is 2.29 bits per heavy atom. The van der Waals surface area contributed by atoms with Crippen LogP contribution in [-0.2, 0) is 21.0 Å². The Morgan fingerprint density at radius 2 is 1.74 bits per heavy atom. The molecule has 2 amide bonds. The molecule has 0 spiro atoms. The van der Waals surface area contributed by atoms with Crippen LogP contribution in [0.2, 0.25) is 10.0 Å². The number of aliphatic imine (C=N–C) groups is 1. The number of carbonyl (C=O) groups excluding carboxylic acids is 2. The van der Waals surface area contributed by atoms with Gasteiger partial charge in [0.1, 0.15) is 12.4 Å². The fourth-order valence-corrected chi connectivity index (χ4v) is 3.43. The van der Waals surface area contributed by atoms with Gasteiger partial charge in [-0.1, -0.05) is 42.2 Å². The fraction of sp³-hybridized carbons (Fsp3) is 0.333. The highest BCUT2D eigenvalue weighted by Gasteiger charge is 2.14. The summed E-state index contributed by atoms with van der Waals surface area (Å²) in [6.07, 6.45) is -0.0796. The quantitative estimate of drug-likeness (QED) is 0.243. The van der Waals surface area contributed by atoms with Crippen molar-refractivity contribution in [2.45, 2.75) is 33.7 Å². The minimum Gasteiger partial charge on any atom is -0.497 e. The molecule has 0 aromatic heterocycles. The molecule has 0 atom stereocenters. The molecular formula is C24H29Cl2N5O4. The van der Waals surface area contributed by atoms with Gasteiger partial charge in [-0.3, -0.25) is 14.9 Å². The van der Waals surface area contributed by atoms with Gasteiger partial charge in [0.2, 0.25) is 11.8 Å². The van der Waals surface area contributed by atoms with Crippen LogP contribution in [-0.4, -0.2) is 37.2 Å². The second-order valence-corrected chi connectivity index (χ2v) is 8.81. The zero-order chi connectivity index (χ0) is 26.0. The minimum atomic E-state index is -0.411. The maximum atomic E-state index is 12.6. The van der Waals surface area contributed by atoms with Gasteiger partial charge in [-0.05, 0) is 47.9 Å². The van der Waals surface area contributed by atoms with Crippen LogP contribution < -0.4 is 21.1 Å². The molecule has 0 radical (unpaired) electrons. The number of ether oxygens (including phenoxy) is 1. The Kier molecular flexibility index (Phi) is 10.8. The number of benzene rings is 2. The predicted octanol–water partition coefficient (Wildman–Crippen LogP) is 4.36. The van der Waals surface area contributed by atoms with E-state index in [9.17, 15) is 9.59 Å². The Labute approximate surface area is 214 Å². The van der Waals surface area contributed by atoms with Gasteiger partial charge in [0.15, 0.2) is 5.96 Å². The molecule has 0 saturated carbocycles. The van der Waals surface area contributed by atoms with E-state index in [2.05, 4.69) is 20.8 Å². The van der Waals surface area contributed by atoms with Crippen LogP contribution in [0.4, 0.5) is 5.69 Å². The van der Waals surface area contributed by atoms with Crippen molar-refractivity contribution < 1.29 is 19.2 Å². The molecule has 2 rings (SSSR count). The molecule has 0 saturated heterocycles. The summed E-state index contributed by atoms with van der Waals surface area (Å²) in [4.78, 5) is 33.4. The topological polar surface area (TPSA) is 127 Å². The highest BCUT2D eigenvalue weighted by molar-refractivity contribution is 6.39. The van der Waals surface area contributed by atoms with E-state index in [1.807, 2.05) is 13.8 Å². The summed E-state index contributed by atoms with van der Waals surface area (Å²) in [7, 11) is 1.57. The second-order valence-electron chi connectivity index (χ2n) is 8.00. The third-order valence-corrected chi connectivity index (χ3v) is 5.03. The van der Waals surface area contributed by atoms with Crippen LogP contribution in [0, 0.1) is 5.92 Å². The van der Waals surface area contributed by atoms with Crippen molar-refractivity contribution in [1.82, 2.24) is 5.32 Å². The minimum absolute atomic E-state index is 0.0784. The summed E-state index contributed by atoms with van der Waals surface area (Å²) >= 11 is 12.4. The normalized spacial score (nSPS) is 11.9. The van der Waals surface area contributed by atoms with Crippen molar-refractivity contribution in [2.75, 3.05) is 19.0 Å². The lowest BCUT2D eigenvalue weighted by Gasteiger charge is -2.11. The van der Waals surface area contributed by atoms with Gasteiger partial charge >= 0.3 is 0 Å². The van der Waals surface area contributed by atoms with E-state index in [1.54, 1.807) is 43.5 Å². The zero-order valence-electron chi connectivity index (χ0n) is 20.0. The van der Waals surface area contributed by atoms with Gasteiger partial charge in [0, 0.05) is 12.5 Å². The maximum Gasteiger partial charge on any atom is 0.232 e. The first-order valence-electron chi connectivity index (χ1n) is 10.8. The van der Waals surface area contributed by atoms with Crippen LogP contribution >= 0.6 is 23.2 Å². The molecule has 35 heavy (non-hydrogen) atoms. The lowest BCUT2D eigenvalue weighted by atomic mass is 10.1. The van der Waals surface area contributed by atoms with E-state index in [0.29, 0.717) is 34.9 Å². The number of halogens is 2. The standard InChI is InChI=1S/C24H29Cl2N5O4/c1-14(2)13-35-31-21(17-5-7-18(34-4)8-6-17)11-22(33)30-24(27)28-12-16-9-19(25)23(20(26)10-16)29-15(3)32/h5-10,14H,11-13H2,1-4H3,(H,29,32)(H3,27,28,30,33)/b31-21-. The number of guanidine groups is 1. The van der Waals surface area contributed by atoms with E-state index < -0.39 is 5.91 Å². The maximum absolute atomic E-state index is 12.6. The van der Waals surface area contributed by atoms with Crippen LogP contribution in [0.1, 0.15) is 38.3 Å². The number of anilines is 1. The first-order valence-corrected chi connectivity index (χ1v) is 11.5. The van der Waals surface area contributed by atoms with Crippen molar-refractivity contribution in [3.8, 4) is 5.75 Å². The average molecular weight is 522 g/mol. The fourth-order valence-electron chi connectivity index (χ4n) is 2.80. The van der Waals surface area contributed by atoms with Crippen LogP contribution in [0.15, 0.2) is 46.5 Å². The van der Waals surface area contributed by atoms with Crippen molar-refractivity contribution in [2.24, 2.45) is 21.8 Å². The summed E-state index contributed by atoms with van der Waals surface area (Å²) in [5.41, 5.74) is 8.01. The van der Waals surface area contributed by atoms with Gasteiger partial charge < -0.3 is 20.6 Å². The van der Waals surface area contributed by atoms with Gasteiger partial charge in [-0.2, -0.15) is 0 Å². The number of rotatable bonds is 10. The molecule has 0 aliphatic heterocycles. The molecule has 0 aliphatic rings. The van der Waals surface area contributed by atoms with E-state index in [4.69, 9.17) is 38.5 Å². The second kappa shape index (κ2) is 13.6. The van der Waals surface area contributed by atoms with E-state index >= 15 is 0 Å². The number of nitrogens with one attached hydrogen (secondary N) is 2. The lowest BCUT2D eigenvalue weighted by molar-refractivity contribution is -0.118. The summed E-state index contributed by atoms with van der Waals surface area (Å²) in [5.74, 6) is 0.180. The number of hydrogen-bond donors (Lipinski definition) is 3. The van der Waals surface area contributed by atoms with Crippen molar-refractivity contribution in [3.63, 3.8) is 0 Å². The number of oxime groups is 1. The molecule has 0 aliphatic carbocycles. The van der Waals surface area contributed by atoms with Crippen molar-refractivity contribution in [1.29, 1.82) is 0 Å². The predicted molar refractivity (Wildman–Crippen MR) is 139 cm³/mol. The van der Waals surface area contributed by atoms with Crippen molar-refractivity contribution in [3.05, 3.63) is 57.6 Å². The molecule has 0 heterocycles. The van der Waals surface area contributed by atoms with Crippen LogP contribution in [0.3, 0.4) is 0 Å². The van der Waals surface area contributed by atoms with E-state index in [0.717, 1.165) is 0 Å². The molecule has 188 valence electrons. The number of methoxy groups -OCH3 is 1. The monoisotopic (exact) mass is 521 g/mol. The first kappa shape index (κ1) is 27.9. The largest absolute Gasteiger partial charge is 0.497 e. The summed E-state index contributed by atoms with van der Waals surface area (Å²) in [6.45, 7) is 5.88. The molecule has 4 N–H and O–H groups in total. The number of amides is 2. The average Bonchev–Trinajstić information content (AvgIpc) is 2.79. The Balaban J connectivity index is 2.07. The van der Waals surface area contributed by atoms with Crippen LogP contribution in [0.5, 0.6) is 5.75 Å². The zero-order valence-corrected chi connectivity index (χ0v) is 21.5. The van der Waals surface area contributed by atoms with E-state index in [-0.39, 0.29) is 40.8 Å². The van der Waals surface area contributed by atoms with E-state index in [1.165, 1.54) is 6.92 Å². The SMILES string of the molecule is COc1ccc(/C(CC(=O)NC(N)=NCc2cc(Cl)c(NC(C)=O)c(Cl)c2)=N\OCC(C)C)cc1. The molecule has 2 aromatic carbocycles. The Hall–Kier alpha value is -3.30. The summed E-state index contributed by atoms with van der Waals surface area (Å²) in [6, 6.07) is 10.3. The molecule has 0 bridgehead atoms. The third kappa shape index (κ3) is 9.46.